The summed E-state index contributed by atoms with van der Waals surface area (Å²) in [7, 11) is 1.63. The SMILES string of the molecule is C[C@H]1CC(=O)Nc2c1c(NC(=O)c1ccc(F)cc1F)nn2C. The number of hydrogen-bond acceptors (Lipinski definition) is 3. The van der Waals surface area contributed by atoms with Crippen LogP contribution in [-0.2, 0) is 11.8 Å². The van der Waals surface area contributed by atoms with Crippen LogP contribution in [-0.4, -0.2) is 21.6 Å². The van der Waals surface area contributed by atoms with E-state index in [9.17, 15) is 18.4 Å². The van der Waals surface area contributed by atoms with Crippen molar-refractivity contribution in [3.63, 3.8) is 0 Å². The van der Waals surface area contributed by atoms with Crippen molar-refractivity contribution in [2.45, 2.75) is 19.3 Å². The summed E-state index contributed by atoms with van der Waals surface area (Å²) in [6.07, 6.45) is 0.270. The van der Waals surface area contributed by atoms with Gasteiger partial charge in [0.2, 0.25) is 5.91 Å². The highest BCUT2D eigenvalue weighted by atomic mass is 19.1. The second kappa shape index (κ2) is 5.45. The van der Waals surface area contributed by atoms with Crippen molar-refractivity contribution in [1.29, 1.82) is 0 Å². The molecular weight excluding hydrogens is 306 g/mol. The first-order valence-electron chi connectivity index (χ1n) is 7.00. The van der Waals surface area contributed by atoms with Gasteiger partial charge >= 0.3 is 0 Å². The van der Waals surface area contributed by atoms with Crippen LogP contribution >= 0.6 is 0 Å². The van der Waals surface area contributed by atoms with Crippen LogP contribution in [0.3, 0.4) is 0 Å². The Morgan fingerprint density at radius 1 is 1.43 bits per heavy atom. The second-order valence-electron chi connectivity index (χ2n) is 5.47. The third-order valence-electron chi connectivity index (χ3n) is 3.73. The highest BCUT2D eigenvalue weighted by molar-refractivity contribution is 6.05. The van der Waals surface area contributed by atoms with E-state index in [1.165, 1.54) is 4.68 Å². The number of amides is 2. The Balaban J connectivity index is 1.93. The molecule has 0 saturated carbocycles. The van der Waals surface area contributed by atoms with Gasteiger partial charge in [0.05, 0.1) is 5.56 Å². The van der Waals surface area contributed by atoms with Crippen LogP contribution in [0, 0.1) is 11.6 Å². The number of aryl methyl sites for hydroxylation is 1. The maximum atomic E-state index is 13.7. The number of carbonyl (C=O) groups is 2. The van der Waals surface area contributed by atoms with Crippen molar-refractivity contribution in [3.05, 3.63) is 41.0 Å². The van der Waals surface area contributed by atoms with Crippen molar-refractivity contribution >= 4 is 23.5 Å². The van der Waals surface area contributed by atoms with Crippen molar-refractivity contribution in [3.8, 4) is 0 Å². The predicted octanol–water partition coefficient (Wildman–Crippen LogP) is 2.40. The smallest absolute Gasteiger partial charge is 0.259 e. The third kappa shape index (κ3) is 2.67. The molecule has 8 heteroatoms. The summed E-state index contributed by atoms with van der Waals surface area (Å²) in [5.74, 6) is -1.95. The normalized spacial score (nSPS) is 16.7. The minimum Gasteiger partial charge on any atom is -0.311 e. The Morgan fingerprint density at radius 2 is 2.17 bits per heavy atom. The number of halogens is 2. The van der Waals surface area contributed by atoms with Gasteiger partial charge in [0.1, 0.15) is 17.5 Å². The van der Waals surface area contributed by atoms with Gasteiger partial charge in [0.15, 0.2) is 5.82 Å². The Bertz CT molecular complexity index is 816. The first-order chi connectivity index (χ1) is 10.9. The number of fused-ring (bicyclic) bond motifs is 1. The number of rotatable bonds is 2. The molecule has 1 aliphatic rings. The van der Waals surface area contributed by atoms with E-state index in [-0.39, 0.29) is 29.6 Å². The molecule has 120 valence electrons. The molecule has 2 amide bonds. The van der Waals surface area contributed by atoms with Crippen LogP contribution in [0.1, 0.15) is 35.2 Å². The van der Waals surface area contributed by atoms with Crippen LogP contribution in [0.2, 0.25) is 0 Å². The second-order valence-corrected chi connectivity index (χ2v) is 5.47. The summed E-state index contributed by atoms with van der Waals surface area (Å²) in [6.45, 7) is 1.84. The third-order valence-corrected chi connectivity index (χ3v) is 3.73. The lowest BCUT2D eigenvalue weighted by Crippen LogP contribution is -2.23. The molecule has 0 aliphatic carbocycles. The Morgan fingerprint density at radius 3 is 2.87 bits per heavy atom. The van der Waals surface area contributed by atoms with Crippen LogP contribution in [0.25, 0.3) is 0 Å². The molecule has 23 heavy (non-hydrogen) atoms. The maximum Gasteiger partial charge on any atom is 0.259 e. The maximum absolute atomic E-state index is 13.7. The molecular formula is C15H14F2N4O2. The monoisotopic (exact) mass is 320 g/mol. The number of aromatic nitrogens is 2. The van der Waals surface area contributed by atoms with Gasteiger partial charge in [-0.1, -0.05) is 6.92 Å². The van der Waals surface area contributed by atoms with E-state index in [1.807, 2.05) is 6.92 Å². The highest BCUT2D eigenvalue weighted by Gasteiger charge is 2.30. The van der Waals surface area contributed by atoms with Crippen molar-refractivity contribution < 1.29 is 18.4 Å². The minimum atomic E-state index is -0.950. The van der Waals surface area contributed by atoms with Crippen LogP contribution in [0.15, 0.2) is 18.2 Å². The highest BCUT2D eigenvalue weighted by Crippen LogP contribution is 2.37. The zero-order valence-electron chi connectivity index (χ0n) is 12.5. The fourth-order valence-corrected chi connectivity index (χ4v) is 2.66. The lowest BCUT2D eigenvalue weighted by molar-refractivity contribution is -0.116. The van der Waals surface area contributed by atoms with E-state index in [0.717, 1.165) is 12.1 Å². The summed E-state index contributed by atoms with van der Waals surface area (Å²) in [5, 5.41) is 9.39. The van der Waals surface area contributed by atoms with Gasteiger partial charge in [0, 0.05) is 25.1 Å². The average molecular weight is 320 g/mol. The molecule has 1 aromatic carbocycles. The van der Waals surface area contributed by atoms with Gasteiger partial charge in [-0.05, 0) is 18.1 Å². The van der Waals surface area contributed by atoms with Gasteiger partial charge in [-0.3, -0.25) is 14.3 Å². The first kappa shape index (κ1) is 15.1. The average Bonchev–Trinajstić information content (AvgIpc) is 2.75. The molecule has 6 nitrogen and oxygen atoms in total. The van der Waals surface area contributed by atoms with E-state index in [2.05, 4.69) is 15.7 Å². The zero-order chi connectivity index (χ0) is 16.7. The fourth-order valence-electron chi connectivity index (χ4n) is 2.66. The van der Waals surface area contributed by atoms with Gasteiger partial charge < -0.3 is 10.6 Å². The molecule has 0 unspecified atom stereocenters. The number of nitrogens with one attached hydrogen (secondary N) is 2. The molecule has 3 rings (SSSR count). The Labute approximate surface area is 130 Å². The summed E-state index contributed by atoms with van der Waals surface area (Å²) in [5.41, 5.74) is 0.404. The van der Waals surface area contributed by atoms with Crippen LogP contribution < -0.4 is 10.6 Å². The van der Waals surface area contributed by atoms with Crippen LogP contribution in [0.4, 0.5) is 20.4 Å². The lowest BCUT2D eigenvalue weighted by atomic mass is 9.95. The van der Waals surface area contributed by atoms with E-state index in [4.69, 9.17) is 0 Å². The van der Waals surface area contributed by atoms with E-state index in [1.54, 1.807) is 7.05 Å². The summed E-state index contributed by atoms with van der Waals surface area (Å²) in [6, 6.07) is 2.72. The predicted molar refractivity (Wildman–Crippen MR) is 79.2 cm³/mol. The van der Waals surface area contributed by atoms with Crippen molar-refractivity contribution in [2.24, 2.45) is 7.05 Å². The minimum absolute atomic E-state index is 0.129. The van der Waals surface area contributed by atoms with Gasteiger partial charge in [-0.15, -0.1) is 0 Å². The Hall–Kier alpha value is -2.77. The number of nitrogens with zero attached hydrogens (tertiary/aromatic N) is 2. The Kier molecular flexibility index (Phi) is 3.59. The summed E-state index contributed by atoms with van der Waals surface area (Å²) >= 11 is 0. The quantitative estimate of drug-likeness (QED) is 0.892. The molecule has 1 atom stereocenters. The molecule has 0 bridgehead atoms. The lowest BCUT2D eigenvalue weighted by Gasteiger charge is -2.20. The molecule has 1 aromatic heterocycles. The summed E-state index contributed by atoms with van der Waals surface area (Å²) < 4.78 is 28.1. The van der Waals surface area contributed by atoms with E-state index >= 15 is 0 Å². The molecule has 1 aliphatic heterocycles. The van der Waals surface area contributed by atoms with Crippen molar-refractivity contribution in [1.82, 2.24) is 9.78 Å². The molecule has 2 N–H and O–H groups in total. The molecule has 0 spiro atoms. The van der Waals surface area contributed by atoms with E-state index < -0.39 is 17.5 Å². The fraction of sp³-hybridized carbons (Fsp3) is 0.267. The standard InChI is InChI=1S/C15H14F2N4O2/c1-7-5-11(22)18-14-12(7)13(20-21(14)2)19-15(23)9-4-3-8(16)6-10(9)17/h3-4,6-7H,5H2,1-2H3,(H,18,22)(H,19,20,23)/t7-/m0/s1. The van der Waals surface area contributed by atoms with E-state index in [0.29, 0.717) is 17.4 Å². The summed E-state index contributed by atoms with van der Waals surface area (Å²) in [4.78, 5) is 23.8. The molecule has 2 aromatic rings. The van der Waals surface area contributed by atoms with Gasteiger partial charge in [-0.25, -0.2) is 8.78 Å². The molecule has 0 fully saturated rings. The molecule has 0 saturated heterocycles. The zero-order valence-corrected chi connectivity index (χ0v) is 12.5. The molecule has 2 heterocycles. The molecule has 0 radical (unpaired) electrons. The largest absolute Gasteiger partial charge is 0.311 e. The van der Waals surface area contributed by atoms with Crippen LogP contribution in [0.5, 0.6) is 0 Å². The number of anilines is 2. The number of hydrogen-bond donors (Lipinski definition) is 2. The first-order valence-corrected chi connectivity index (χ1v) is 7.00. The number of carbonyl (C=O) groups excluding carboxylic acids is 2. The van der Waals surface area contributed by atoms with Gasteiger partial charge in [0.25, 0.3) is 5.91 Å². The topological polar surface area (TPSA) is 76.0 Å². The number of benzene rings is 1. The van der Waals surface area contributed by atoms with Crippen molar-refractivity contribution in [2.75, 3.05) is 10.6 Å². The van der Waals surface area contributed by atoms with Gasteiger partial charge in [-0.2, -0.15) is 5.10 Å².